The molecule has 0 bridgehead atoms. The summed E-state index contributed by atoms with van der Waals surface area (Å²) in [6.07, 6.45) is 62.6. The average Bonchev–Trinajstić information content (AvgIpc) is 3.30. The van der Waals surface area contributed by atoms with Crippen LogP contribution in [0.3, 0.4) is 0 Å². The van der Waals surface area contributed by atoms with Crippen molar-refractivity contribution in [2.75, 3.05) is 19.8 Å². The summed E-state index contributed by atoms with van der Waals surface area (Å²) in [6.45, 7) is 5.54. The normalized spacial score (nSPS) is 13.2. The maximum Gasteiger partial charge on any atom is 0.472 e. The van der Waals surface area contributed by atoms with Crippen LogP contribution >= 0.6 is 7.82 Å². The van der Waals surface area contributed by atoms with Gasteiger partial charge < -0.3 is 14.4 Å². The number of hydrogen-bond acceptors (Lipinski definition) is 7. The molecule has 2 atom stereocenters. The van der Waals surface area contributed by atoms with E-state index in [0.29, 0.717) is 6.42 Å². The number of unbranched alkanes of at least 4 members (excludes halogenated alkanes) is 38. The summed E-state index contributed by atoms with van der Waals surface area (Å²) >= 11 is 0. The lowest BCUT2D eigenvalue weighted by Crippen LogP contribution is -2.29. The van der Waals surface area contributed by atoms with Crippen molar-refractivity contribution in [1.82, 2.24) is 0 Å². The fourth-order valence-corrected chi connectivity index (χ4v) is 9.26. The van der Waals surface area contributed by atoms with E-state index in [0.717, 1.165) is 38.5 Å². The molecule has 66 heavy (non-hydrogen) atoms. The molecule has 0 aromatic rings. The van der Waals surface area contributed by atoms with Crippen LogP contribution < -0.4 is 0 Å². The molecule has 390 valence electrons. The second-order valence-electron chi connectivity index (χ2n) is 19.3. The molecule has 2 unspecified atom stereocenters. The van der Waals surface area contributed by atoms with Crippen LogP contribution in [-0.4, -0.2) is 42.8 Å². The Morgan fingerprint density at radius 3 is 1.00 bits per heavy atom. The topological polar surface area (TPSA) is 108 Å². The van der Waals surface area contributed by atoms with Crippen molar-refractivity contribution < 1.29 is 37.6 Å². The Bertz CT molecular complexity index is 1130. The van der Waals surface area contributed by atoms with Crippen LogP contribution in [0.15, 0.2) is 24.3 Å². The monoisotopic (exact) mass is 953 g/mol. The van der Waals surface area contributed by atoms with Gasteiger partial charge in [0.15, 0.2) is 6.10 Å². The lowest BCUT2D eigenvalue weighted by atomic mass is 10.0. The second kappa shape index (κ2) is 52.9. The summed E-state index contributed by atoms with van der Waals surface area (Å²) in [5.74, 6) is -0.783. The van der Waals surface area contributed by atoms with Crippen molar-refractivity contribution in [1.29, 1.82) is 0 Å². The van der Waals surface area contributed by atoms with Crippen LogP contribution in [0.1, 0.15) is 303 Å². The molecule has 0 rings (SSSR count). The molecule has 0 amide bonds. The van der Waals surface area contributed by atoms with Gasteiger partial charge in [0.1, 0.15) is 6.61 Å². The van der Waals surface area contributed by atoms with Gasteiger partial charge in [0.2, 0.25) is 0 Å². The Kier molecular flexibility index (Phi) is 51.7. The lowest BCUT2D eigenvalue weighted by molar-refractivity contribution is -0.161. The zero-order valence-corrected chi connectivity index (χ0v) is 44.8. The van der Waals surface area contributed by atoms with Crippen LogP contribution in [0.5, 0.6) is 0 Å². The first-order chi connectivity index (χ1) is 32.3. The summed E-state index contributed by atoms with van der Waals surface area (Å²) in [5, 5.41) is 0. The highest BCUT2D eigenvalue weighted by Crippen LogP contribution is 2.43. The highest BCUT2D eigenvalue weighted by atomic mass is 31.2. The van der Waals surface area contributed by atoms with Crippen LogP contribution in [-0.2, 0) is 32.7 Å². The van der Waals surface area contributed by atoms with Gasteiger partial charge in [-0.2, -0.15) is 0 Å². The van der Waals surface area contributed by atoms with E-state index < -0.39 is 19.9 Å². The van der Waals surface area contributed by atoms with Gasteiger partial charge in [-0.1, -0.05) is 244 Å². The Balaban J connectivity index is 3.89. The largest absolute Gasteiger partial charge is 0.472 e. The predicted molar refractivity (Wildman–Crippen MR) is 281 cm³/mol. The minimum atomic E-state index is -4.29. The molecule has 1 N–H and O–H groups in total. The van der Waals surface area contributed by atoms with E-state index in [1.54, 1.807) is 6.92 Å². The van der Waals surface area contributed by atoms with Crippen molar-refractivity contribution in [3.05, 3.63) is 24.3 Å². The molecule has 0 saturated heterocycles. The first-order valence-electron chi connectivity index (χ1n) is 28.6. The zero-order chi connectivity index (χ0) is 48.1. The van der Waals surface area contributed by atoms with E-state index in [-0.39, 0.29) is 32.2 Å². The van der Waals surface area contributed by atoms with Gasteiger partial charge in [0, 0.05) is 12.8 Å². The summed E-state index contributed by atoms with van der Waals surface area (Å²) in [7, 11) is -4.29. The predicted octanol–water partition coefficient (Wildman–Crippen LogP) is 18.9. The van der Waals surface area contributed by atoms with Gasteiger partial charge in [-0.3, -0.25) is 18.6 Å². The molecule has 8 nitrogen and oxygen atoms in total. The summed E-state index contributed by atoms with van der Waals surface area (Å²) < 4.78 is 32.9. The molecular formula is C57H109O8P. The van der Waals surface area contributed by atoms with Gasteiger partial charge in [-0.05, 0) is 71.1 Å². The molecule has 0 fully saturated rings. The molecule has 0 radical (unpaired) electrons. The van der Waals surface area contributed by atoms with E-state index in [1.165, 1.54) is 231 Å². The molecule has 0 spiro atoms. The number of hydrogen-bond donors (Lipinski definition) is 1. The molecule has 0 aliphatic rings. The summed E-state index contributed by atoms with van der Waals surface area (Å²) in [4.78, 5) is 35.0. The van der Waals surface area contributed by atoms with Crippen molar-refractivity contribution >= 4 is 19.8 Å². The van der Waals surface area contributed by atoms with E-state index in [1.807, 2.05) is 0 Å². The van der Waals surface area contributed by atoms with Gasteiger partial charge in [-0.25, -0.2) is 4.57 Å². The minimum Gasteiger partial charge on any atom is -0.462 e. The number of carbonyl (C=O) groups excluding carboxylic acids is 2. The lowest BCUT2D eigenvalue weighted by Gasteiger charge is -2.19. The maximum absolute atomic E-state index is 12.7. The summed E-state index contributed by atoms with van der Waals surface area (Å²) in [6, 6.07) is 0. The highest BCUT2D eigenvalue weighted by Gasteiger charge is 2.25. The molecule has 0 aromatic carbocycles. The zero-order valence-electron chi connectivity index (χ0n) is 43.9. The van der Waals surface area contributed by atoms with E-state index >= 15 is 0 Å². The Morgan fingerprint density at radius 2 is 0.682 bits per heavy atom. The molecule has 0 saturated carbocycles. The van der Waals surface area contributed by atoms with E-state index in [2.05, 4.69) is 38.2 Å². The Hall–Kier alpha value is -1.47. The fraction of sp³-hybridized carbons (Fsp3) is 0.895. The molecule has 0 heterocycles. The molecule has 9 heteroatoms. The van der Waals surface area contributed by atoms with Crippen LogP contribution in [0.2, 0.25) is 0 Å². The van der Waals surface area contributed by atoms with Gasteiger partial charge in [0.25, 0.3) is 0 Å². The number of allylic oxidation sites excluding steroid dienone is 4. The quantitative estimate of drug-likeness (QED) is 0.0278. The first-order valence-corrected chi connectivity index (χ1v) is 30.1. The third kappa shape index (κ3) is 51.9. The van der Waals surface area contributed by atoms with E-state index in [4.69, 9.17) is 18.5 Å². The highest BCUT2D eigenvalue weighted by molar-refractivity contribution is 7.47. The SMILES string of the molecule is CCCCCCCCCC/C=C\CCCCCCCCCCCCCC(=O)OCC(COP(=O)(O)OCC)OC(=O)CCCCCCCCCCCCC/C=C\CCCCCCCCCC. The minimum absolute atomic E-state index is 0.00248. The molecule has 0 aliphatic carbocycles. The van der Waals surface area contributed by atoms with E-state index in [9.17, 15) is 19.0 Å². The second-order valence-corrected chi connectivity index (χ2v) is 20.8. The van der Waals surface area contributed by atoms with Gasteiger partial charge in [0.05, 0.1) is 13.2 Å². The van der Waals surface area contributed by atoms with Crippen molar-refractivity contribution in [2.45, 2.75) is 309 Å². The van der Waals surface area contributed by atoms with Crippen LogP contribution in [0.25, 0.3) is 0 Å². The van der Waals surface area contributed by atoms with Crippen molar-refractivity contribution in [2.24, 2.45) is 0 Å². The fourth-order valence-electron chi connectivity index (χ4n) is 8.51. The van der Waals surface area contributed by atoms with Gasteiger partial charge >= 0.3 is 19.8 Å². The molecule has 0 aromatic heterocycles. The molecular weight excluding hydrogens is 844 g/mol. The third-order valence-corrected chi connectivity index (χ3v) is 13.8. The Labute approximate surface area is 409 Å². The number of rotatable bonds is 54. The number of carbonyl (C=O) groups is 2. The number of ether oxygens (including phenoxy) is 2. The smallest absolute Gasteiger partial charge is 0.462 e. The van der Waals surface area contributed by atoms with Gasteiger partial charge in [-0.15, -0.1) is 0 Å². The number of esters is 2. The van der Waals surface area contributed by atoms with Crippen molar-refractivity contribution in [3.63, 3.8) is 0 Å². The van der Waals surface area contributed by atoms with Crippen molar-refractivity contribution in [3.8, 4) is 0 Å². The maximum atomic E-state index is 12.7. The molecule has 0 aliphatic heterocycles. The van der Waals surface area contributed by atoms with Crippen LogP contribution in [0, 0.1) is 0 Å². The average molecular weight is 953 g/mol. The number of phosphoric ester groups is 1. The first kappa shape index (κ1) is 64.5. The standard InChI is InChI=1S/C57H109O8P/c1-4-7-9-11-13-15-17-19-21-23-25-27-29-31-33-35-37-39-41-43-45-47-49-51-56(58)62-53-55(54-64-66(60,61)63-6-3)65-57(59)52-50-48-46-44-42-40-38-36-34-32-30-28-26-24-22-20-18-16-14-12-10-8-5-2/h23-26,55H,4-22,27-54H2,1-3H3,(H,60,61)/b25-23-,26-24-. The Morgan fingerprint density at radius 1 is 0.394 bits per heavy atom. The summed E-state index contributed by atoms with van der Waals surface area (Å²) in [5.41, 5.74) is 0. The third-order valence-electron chi connectivity index (χ3n) is 12.7. The number of phosphoric acid groups is 1. The van der Waals surface area contributed by atoms with Crippen LogP contribution in [0.4, 0.5) is 0 Å².